The third-order valence-electron chi connectivity index (χ3n) is 4.83. The van der Waals surface area contributed by atoms with Gasteiger partial charge in [0.25, 0.3) is 0 Å². The van der Waals surface area contributed by atoms with E-state index in [1.807, 2.05) is 0 Å². The van der Waals surface area contributed by atoms with Gasteiger partial charge in [-0.3, -0.25) is 0 Å². The van der Waals surface area contributed by atoms with Crippen LogP contribution >= 0.6 is 0 Å². The summed E-state index contributed by atoms with van der Waals surface area (Å²) in [7, 11) is -4.47. The quantitative estimate of drug-likeness (QED) is 0.572. The van der Waals surface area contributed by atoms with Gasteiger partial charge in [0, 0.05) is 30.9 Å². The van der Waals surface area contributed by atoms with Crippen molar-refractivity contribution in [3.8, 4) is 0 Å². The van der Waals surface area contributed by atoms with E-state index in [0.29, 0.717) is 0 Å². The van der Waals surface area contributed by atoms with Gasteiger partial charge in [0.05, 0.1) is 11.5 Å². The Balaban J connectivity index is 2.24. The lowest BCUT2D eigenvalue weighted by atomic mass is 9.74. The van der Waals surface area contributed by atoms with E-state index in [9.17, 15) is 26.0 Å². The zero-order valence-electron chi connectivity index (χ0n) is 15.9. The number of alkyl halides is 3. The molecule has 1 aromatic heterocycles. The molecule has 7 nitrogen and oxygen atoms in total. The molecule has 1 aromatic carbocycles. The monoisotopic (exact) mass is 458 g/mol. The smallest absolute Gasteiger partial charge is 0.395 e. The summed E-state index contributed by atoms with van der Waals surface area (Å²) >= 11 is 0. The zero-order valence-corrected chi connectivity index (χ0v) is 16.7. The molecular weight excluding hydrogens is 440 g/mol. The molecule has 31 heavy (non-hydrogen) atoms. The molecule has 0 spiro atoms. The lowest BCUT2D eigenvalue weighted by Crippen LogP contribution is -2.44. The SMILES string of the molecule is Nc1ncc(C2(C(F)(F)F)C=CC(c3cccc(F)c3)=C(S(=O)(=O)NCCO)C2)cn1. The van der Waals surface area contributed by atoms with Crippen LogP contribution in [0, 0.1) is 5.82 Å². The van der Waals surface area contributed by atoms with E-state index in [1.54, 1.807) is 0 Å². The Kier molecular flexibility index (Phi) is 6.16. The van der Waals surface area contributed by atoms with Gasteiger partial charge in [-0.1, -0.05) is 24.3 Å². The second-order valence-electron chi connectivity index (χ2n) is 6.78. The maximum Gasteiger partial charge on any atom is 0.402 e. The van der Waals surface area contributed by atoms with Crippen molar-refractivity contribution in [2.45, 2.75) is 18.0 Å². The summed E-state index contributed by atoms with van der Waals surface area (Å²) in [4.78, 5) is 6.61. The summed E-state index contributed by atoms with van der Waals surface area (Å²) in [6.45, 7) is -0.968. The topological polar surface area (TPSA) is 118 Å². The van der Waals surface area contributed by atoms with Gasteiger partial charge in [-0.05, 0) is 23.3 Å². The van der Waals surface area contributed by atoms with E-state index < -0.39 is 57.5 Å². The fraction of sp³-hybridized carbons (Fsp3) is 0.263. The normalized spacial score (nSPS) is 19.6. The summed E-state index contributed by atoms with van der Waals surface area (Å²) in [6.07, 6.45) is -2.36. The molecule has 0 aliphatic heterocycles. The molecule has 0 fully saturated rings. The average Bonchev–Trinajstić information content (AvgIpc) is 2.71. The van der Waals surface area contributed by atoms with Gasteiger partial charge < -0.3 is 10.8 Å². The van der Waals surface area contributed by atoms with E-state index in [2.05, 4.69) is 14.7 Å². The van der Waals surface area contributed by atoms with Gasteiger partial charge in [-0.25, -0.2) is 27.5 Å². The summed E-state index contributed by atoms with van der Waals surface area (Å²) in [6, 6.07) is 4.85. The molecule has 0 saturated carbocycles. The van der Waals surface area contributed by atoms with Gasteiger partial charge in [0.15, 0.2) is 0 Å². The van der Waals surface area contributed by atoms with Crippen LogP contribution in [0.5, 0.6) is 0 Å². The molecule has 4 N–H and O–H groups in total. The number of aliphatic hydroxyl groups is 1. The number of allylic oxidation sites excluding steroid dienone is 4. The van der Waals surface area contributed by atoms with Crippen LogP contribution in [0.4, 0.5) is 23.5 Å². The molecule has 166 valence electrons. The predicted octanol–water partition coefficient (Wildman–Crippen LogP) is 2.28. The molecule has 1 unspecified atom stereocenters. The van der Waals surface area contributed by atoms with Crippen LogP contribution in [0.2, 0.25) is 0 Å². The molecule has 0 saturated heterocycles. The fourth-order valence-electron chi connectivity index (χ4n) is 3.27. The second-order valence-corrected chi connectivity index (χ2v) is 8.57. The summed E-state index contributed by atoms with van der Waals surface area (Å²) in [5, 5.41) is 8.97. The molecule has 1 aliphatic rings. The van der Waals surface area contributed by atoms with Crippen molar-refractivity contribution in [1.82, 2.24) is 14.7 Å². The second kappa shape index (κ2) is 8.36. The Morgan fingerprint density at radius 2 is 1.90 bits per heavy atom. The summed E-state index contributed by atoms with van der Waals surface area (Å²) in [5.41, 5.74) is 2.20. The number of hydrogen-bond donors (Lipinski definition) is 3. The van der Waals surface area contributed by atoms with Crippen molar-refractivity contribution in [3.05, 3.63) is 70.7 Å². The molecule has 1 heterocycles. The number of nitrogens with zero attached hydrogens (tertiary/aromatic N) is 2. The standard InChI is InChI=1S/C19H18F4N4O3S/c20-14-3-1-2-12(8-14)15-4-5-18(19(21,22)23,13-10-25-17(24)26-11-13)9-16(15)31(29,30)27-6-7-28/h1-5,8,10-11,27-28H,6-7,9H2,(H2,24,25,26). The number of hydrogen-bond acceptors (Lipinski definition) is 6. The average molecular weight is 458 g/mol. The molecule has 2 aromatic rings. The first-order valence-electron chi connectivity index (χ1n) is 8.94. The number of rotatable bonds is 6. The van der Waals surface area contributed by atoms with Crippen molar-refractivity contribution < 1.29 is 31.1 Å². The first-order chi connectivity index (χ1) is 14.5. The largest absolute Gasteiger partial charge is 0.402 e. The zero-order chi connectivity index (χ0) is 22.9. The minimum absolute atomic E-state index is 0.0879. The van der Waals surface area contributed by atoms with Crippen molar-refractivity contribution in [3.63, 3.8) is 0 Å². The summed E-state index contributed by atoms with van der Waals surface area (Å²) < 4.78 is 84.5. The van der Waals surface area contributed by atoms with Gasteiger partial charge in [0.2, 0.25) is 16.0 Å². The third-order valence-corrected chi connectivity index (χ3v) is 6.43. The fourth-order valence-corrected chi connectivity index (χ4v) is 4.70. The molecule has 0 radical (unpaired) electrons. The number of aliphatic hydroxyl groups excluding tert-OH is 1. The Bertz CT molecular complexity index is 1130. The first kappa shape index (κ1) is 22.8. The molecule has 1 atom stereocenters. The van der Waals surface area contributed by atoms with Crippen LogP contribution in [0.1, 0.15) is 17.5 Å². The van der Waals surface area contributed by atoms with Crippen molar-refractivity contribution in [1.29, 1.82) is 0 Å². The number of sulfonamides is 1. The first-order valence-corrected chi connectivity index (χ1v) is 10.4. The lowest BCUT2D eigenvalue weighted by molar-refractivity contribution is -0.175. The third kappa shape index (κ3) is 4.45. The van der Waals surface area contributed by atoms with E-state index in [0.717, 1.165) is 36.7 Å². The number of benzene rings is 1. The molecular formula is C19H18F4N4O3S. The van der Waals surface area contributed by atoms with Crippen molar-refractivity contribution in [2.24, 2.45) is 0 Å². The van der Waals surface area contributed by atoms with Crippen LogP contribution in [-0.4, -0.2) is 42.8 Å². The molecule has 1 aliphatic carbocycles. The number of anilines is 1. The maximum absolute atomic E-state index is 14.3. The highest BCUT2D eigenvalue weighted by atomic mass is 32.2. The van der Waals surface area contributed by atoms with Crippen LogP contribution in [0.15, 0.2) is 53.7 Å². The molecule has 12 heteroatoms. The number of nitrogens with two attached hydrogens (primary N) is 1. The van der Waals surface area contributed by atoms with Crippen LogP contribution in [-0.2, 0) is 15.4 Å². The number of halogens is 4. The Morgan fingerprint density at radius 3 is 2.48 bits per heavy atom. The maximum atomic E-state index is 14.3. The number of aromatic nitrogens is 2. The Labute approximate surface area is 175 Å². The van der Waals surface area contributed by atoms with Crippen molar-refractivity contribution in [2.75, 3.05) is 18.9 Å². The predicted molar refractivity (Wildman–Crippen MR) is 105 cm³/mol. The Hall–Kier alpha value is -2.83. The van der Waals surface area contributed by atoms with Crippen LogP contribution in [0.25, 0.3) is 5.57 Å². The van der Waals surface area contributed by atoms with Gasteiger partial charge in [-0.15, -0.1) is 0 Å². The van der Waals surface area contributed by atoms with Gasteiger partial charge in [0.1, 0.15) is 11.2 Å². The van der Waals surface area contributed by atoms with Crippen LogP contribution < -0.4 is 10.5 Å². The van der Waals surface area contributed by atoms with Gasteiger partial charge in [-0.2, -0.15) is 13.2 Å². The summed E-state index contributed by atoms with van der Waals surface area (Å²) in [5.74, 6) is -0.924. The highest BCUT2D eigenvalue weighted by Crippen LogP contribution is 2.51. The molecule has 0 amide bonds. The molecule has 0 bridgehead atoms. The van der Waals surface area contributed by atoms with E-state index in [4.69, 9.17) is 10.8 Å². The van der Waals surface area contributed by atoms with E-state index >= 15 is 0 Å². The van der Waals surface area contributed by atoms with Crippen LogP contribution in [0.3, 0.4) is 0 Å². The minimum atomic E-state index is -4.92. The highest BCUT2D eigenvalue weighted by molar-refractivity contribution is 7.93. The molecule has 3 rings (SSSR count). The highest BCUT2D eigenvalue weighted by Gasteiger charge is 2.57. The number of nitrogens with one attached hydrogen (secondary N) is 1. The van der Waals surface area contributed by atoms with E-state index in [1.165, 1.54) is 12.1 Å². The van der Waals surface area contributed by atoms with Gasteiger partial charge >= 0.3 is 6.18 Å². The van der Waals surface area contributed by atoms with E-state index in [-0.39, 0.29) is 17.1 Å². The minimum Gasteiger partial charge on any atom is -0.395 e. The Morgan fingerprint density at radius 1 is 1.23 bits per heavy atom. The lowest BCUT2D eigenvalue weighted by Gasteiger charge is -2.36. The van der Waals surface area contributed by atoms with Crippen molar-refractivity contribution >= 4 is 21.5 Å². The number of nitrogen functional groups attached to an aromatic ring is 1.